The predicted molar refractivity (Wildman–Crippen MR) is 202 cm³/mol. The molecule has 1 fully saturated rings. The zero-order chi connectivity index (χ0) is 38.5. The molecule has 3 N–H and O–H groups in total. The first kappa shape index (κ1) is 36.0. The second-order valence-electron chi connectivity index (χ2n) is 14.0. The van der Waals surface area contributed by atoms with Crippen molar-refractivity contribution in [1.82, 2.24) is 20.2 Å². The van der Waals surface area contributed by atoms with Gasteiger partial charge in [0.2, 0.25) is 0 Å². The molecule has 2 amide bonds. The van der Waals surface area contributed by atoms with Crippen molar-refractivity contribution in [2.45, 2.75) is 38.8 Å². The van der Waals surface area contributed by atoms with E-state index in [-0.39, 0.29) is 39.7 Å². The largest absolute Gasteiger partial charge is 0.505 e. The Balaban J connectivity index is 0.000000156. The summed E-state index contributed by atoms with van der Waals surface area (Å²) in [4.78, 5) is 35.4. The van der Waals surface area contributed by atoms with Crippen molar-refractivity contribution < 1.29 is 38.1 Å². The van der Waals surface area contributed by atoms with E-state index in [0.717, 1.165) is 47.2 Å². The Hall–Kier alpha value is -6.01. The summed E-state index contributed by atoms with van der Waals surface area (Å²) in [6, 6.07) is 14.7. The van der Waals surface area contributed by atoms with Gasteiger partial charge in [-0.25, -0.2) is 8.78 Å². The van der Waals surface area contributed by atoms with Crippen LogP contribution in [0, 0.1) is 17.6 Å². The summed E-state index contributed by atoms with van der Waals surface area (Å²) in [6.45, 7) is 1.45. The molecule has 0 unspecified atom stereocenters. The number of halogens is 3. The average Bonchev–Trinajstić information content (AvgIpc) is 3.83. The number of aromatic nitrogens is 2. The Bertz CT molecular complexity index is 2540. The van der Waals surface area contributed by atoms with Gasteiger partial charge in [-0.2, -0.15) is 0 Å². The van der Waals surface area contributed by atoms with Crippen LogP contribution in [-0.4, -0.2) is 57.7 Å². The van der Waals surface area contributed by atoms with E-state index in [9.17, 15) is 28.6 Å². The van der Waals surface area contributed by atoms with Crippen molar-refractivity contribution in [1.29, 1.82) is 0 Å². The van der Waals surface area contributed by atoms with Crippen molar-refractivity contribution in [2.75, 3.05) is 20.8 Å². The van der Waals surface area contributed by atoms with Gasteiger partial charge >= 0.3 is 0 Å². The molecule has 1 aliphatic carbocycles. The van der Waals surface area contributed by atoms with Crippen LogP contribution in [0.2, 0.25) is 5.02 Å². The molecule has 4 heterocycles. The summed E-state index contributed by atoms with van der Waals surface area (Å²) in [5.41, 5.74) is 6.09. The lowest BCUT2D eigenvalue weighted by molar-refractivity contribution is 0.0768. The van der Waals surface area contributed by atoms with Crippen LogP contribution in [0.15, 0.2) is 67.0 Å². The highest BCUT2D eigenvalue weighted by Crippen LogP contribution is 2.45. The minimum absolute atomic E-state index is 0.0638. The molecule has 2 aromatic heterocycles. The molecule has 0 bridgehead atoms. The Morgan fingerprint density at radius 1 is 0.800 bits per heavy atom. The van der Waals surface area contributed by atoms with Crippen molar-refractivity contribution in [3.8, 4) is 23.0 Å². The highest BCUT2D eigenvalue weighted by atomic mass is 35.5. The van der Waals surface area contributed by atoms with Crippen molar-refractivity contribution >= 4 is 45.2 Å². The number of hydrogen-bond acceptors (Lipinski definition) is 8. The number of carbonyl (C=O) groups is 2. The molecule has 4 aromatic carbocycles. The smallest absolute Gasteiger partial charge is 0.258 e. The van der Waals surface area contributed by atoms with E-state index < -0.39 is 5.82 Å². The molecular weight excluding hydrogens is 730 g/mol. The first-order valence-corrected chi connectivity index (χ1v) is 18.1. The van der Waals surface area contributed by atoms with E-state index in [1.165, 1.54) is 25.3 Å². The van der Waals surface area contributed by atoms with Gasteiger partial charge in [-0.3, -0.25) is 19.6 Å². The summed E-state index contributed by atoms with van der Waals surface area (Å²) in [6.07, 6.45) is 6.66. The van der Waals surface area contributed by atoms with E-state index in [2.05, 4.69) is 15.3 Å². The second kappa shape index (κ2) is 14.3. The number of nitrogens with zero attached hydrogens (tertiary/aromatic N) is 3. The highest BCUT2D eigenvalue weighted by Gasteiger charge is 2.38. The van der Waals surface area contributed by atoms with Crippen LogP contribution in [0.4, 0.5) is 8.78 Å². The number of amides is 2. The number of fused-ring (bicyclic) bond motifs is 4. The maximum atomic E-state index is 13.3. The lowest BCUT2D eigenvalue weighted by atomic mass is 9.99. The van der Waals surface area contributed by atoms with Crippen LogP contribution in [0.3, 0.4) is 0 Å². The Kier molecular flexibility index (Phi) is 9.38. The maximum absolute atomic E-state index is 13.3. The molecule has 0 saturated heterocycles. The van der Waals surface area contributed by atoms with Gasteiger partial charge in [-0.15, -0.1) is 0 Å². The molecule has 55 heavy (non-hydrogen) atoms. The Labute approximate surface area is 319 Å². The SMILES string of the molecule is COc1c2c(c(O)c3ncc(Cc4ccc(F)c(Cl)c4)cc13)C(=O)NC2.COc1c2c(c(O)c3ncc(Cc4ccc(F)cc4)cc13)C(=O)N(CC1CC1)C2. The fraction of sp³-hybridized carbons (Fsp3) is 0.238. The number of methoxy groups -OCH3 is 2. The molecule has 3 aliphatic rings. The number of carbonyl (C=O) groups excluding carboxylic acids is 2. The number of benzene rings is 4. The molecule has 0 spiro atoms. The van der Waals surface area contributed by atoms with Crippen molar-refractivity contribution in [2.24, 2.45) is 5.92 Å². The summed E-state index contributed by atoms with van der Waals surface area (Å²) < 4.78 is 37.7. The van der Waals surface area contributed by atoms with Gasteiger partial charge in [-0.05, 0) is 90.3 Å². The molecule has 1 saturated carbocycles. The van der Waals surface area contributed by atoms with Gasteiger partial charge in [0, 0.05) is 47.4 Å². The summed E-state index contributed by atoms with van der Waals surface area (Å²) in [5, 5.41) is 25.4. The van der Waals surface area contributed by atoms with Crippen LogP contribution in [0.5, 0.6) is 23.0 Å². The average molecular weight is 765 g/mol. The minimum atomic E-state index is -0.466. The van der Waals surface area contributed by atoms with Crippen LogP contribution < -0.4 is 14.8 Å². The van der Waals surface area contributed by atoms with Gasteiger partial charge in [0.25, 0.3) is 11.8 Å². The predicted octanol–water partition coefficient (Wildman–Crippen LogP) is 7.62. The van der Waals surface area contributed by atoms with Gasteiger partial charge in [0.1, 0.15) is 34.2 Å². The van der Waals surface area contributed by atoms with Gasteiger partial charge in [0.05, 0.1) is 36.9 Å². The normalized spacial score (nSPS) is 14.5. The zero-order valence-corrected chi connectivity index (χ0v) is 30.6. The van der Waals surface area contributed by atoms with Crippen molar-refractivity contribution in [3.05, 3.63) is 128 Å². The number of nitrogens with one attached hydrogen (secondary N) is 1. The number of aromatic hydroxyl groups is 2. The van der Waals surface area contributed by atoms with Crippen molar-refractivity contribution in [3.63, 3.8) is 0 Å². The lowest BCUT2D eigenvalue weighted by Gasteiger charge is -2.14. The molecule has 0 radical (unpaired) electrons. The zero-order valence-electron chi connectivity index (χ0n) is 29.9. The Morgan fingerprint density at radius 2 is 1.38 bits per heavy atom. The third-order valence-corrected chi connectivity index (χ3v) is 10.5. The fourth-order valence-electron chi connectivity index (χ4n) is 7.43. The maximum Gasteiger partial charge on any atom is 0.258 e. The first-order chi connectivity index (χ1) is 26.5. The molecule has 6 aromatic rings. The number of pyridine rings is 2. The molecule has 9 rings (SSSR count). The van der Waals surface area contributed by atoms with Crippen LogP contribution >= 0.6 is 11.6 Å². The molecule has 280 valence electrons. The van der Waals surface area contributed by atoms with E-state index in [0.29, 0.717) is 76.3 Å². The van der Waals surface area contributed by atoms with Crippen LogP contribution in [0.25, 0.3) is 21.8 Å². The number of hydrogen-bond donors (Lipinski definition) is 3. The van der Waals surface area contributed by atoms with Gasteiger partial charge in [0.15, 0.2) is 11.5 Å². The van der Waals surface area contributed by atoms with Gasteiger partial charge < -0.3 is 29.9 Å². The summed E-state index contributed by atoms with van der Waals surface area (Å²) >= 11 is 5.84. The Morgan fingerprint density at radius 3 is 1.98 bits per heavy atom. The topological polar surface area (TPSA) is 134 Å². The molecule has 13 heteroatoms. The third kappa shape index (κ3) is 6.71. The standard InChI is InChI=1S/C23H21FN2O3.C19H14ClFN2O3/c1-29-22-17-9-15(8-13-4-6-16(24)7-5-13)10-25-20(17)21(27)19-18(22)12-26(23(19)28)11-14-2-3-14;1-26-18-11-5-10(4-9-2-3-14(21)13(20)6-9)7-22-16(11)17(24)15-12(18)8-23-19(15)25/h4-7,9-10,14,27H,2-3,8,11-12H2,1H3;2-3,5-7,24H,4,8H2,1H3,(H,23,25). The lowest BCUT2D eigenvalue weighted by Crippen LogP contribution is -2.26. The quantitative estimate of drug-likeness (QED) is 0.144. The minimum Gasteiger partial charge on any atom is -0.505 e. The van der Waals surface area contributed by atoms with E-state index in [1.807, 2.05) is 12.1 Å². The summed E-state index contributed by atoms with van der Waals surface area (Å²) in [7, 11) is 3.09. The molecular formula is C42H35ClF2N4O6. The van der Waals surface area contributed by atoms with E-state index in [4.69, 9.17) is 21.1 Å². The fourth-order valence-corrected chi connectivity index (χ4v) is 7.63. The molecule has 0 atom stereocenters. The number of phenolic OH excluding ortho intramolecular Hbond substituents is 2. The molecule has 10 nitrogen and oxygen atoms in total. The molecule has 2 aliphatic heterocycles. The van der Waals surface area contributed by atoms with Crippen LogP contribution in [0.1, 0.15) is 66.9 Å². The van der Waals surface area contributed by atoms with E-state index >= 15 is 0 Å². The monoisotopic (exact) mass is 764 g/mol. The van der Waals surface area contributed by atoms with Gasteiger partial charge in [-0.1, -0.05) is 29.8 Å². The van der Waals surface area contributed by atoms with E-state index in [1.54, 1.807) is 48.7 Å². The van der Waals surface area contributed by atoms with Crippen LogP contribution in [-0.2, 0) is 25.9 Å². The summed E-state index contributed by atoms with van der Waals surface area (Å²) in [5.74, 6) is 0.210. The second-order valence-corrected chi connectivity index (χ2v) is 14.4. The number of phenols is 2. The first-order valence-electron chi connectivity index (χ1n) is 17.7. The highest BCUT2D eigenvalue weighted by molar-refractivity contribution is 6.30. The number of rotatable bonds is 8. The number of ether oxygens (including phenoxy) is 2. The third-order valence-electron chi connectivity index (χ3n) is 10.3.